The number of hydrogen-bond donors (Lipinski definition) is 1. The van der Waals surface area contributed by atoms with Crippen LogP contribution in [0.5, 0.6) is 0 Å². The lowest BCUT2D eigenvalue weighted by Gasteiger charge is -2.14. The van der Waals surface area contributed by atoms with Crippen molar-refractivity contribution in [1.82, 2.24) is 9.62 Å². The Morgan fingerprint density at radius 1 is 1.28 bits per heavy atom. The normalized spacial score (nSPS) is 16.1. The van der Waals surface area contributed by atoms with Crippen molar-refractivity contribution in [2.75, 3.05) is 26.7 Å². The van der Waals surface area contributed by atoms with Gasteiger partial charge in [0.1, 0.15) is 6.04 Å². The highest BCUT2D eigenvalue weighted by atomic mass is 127. The molecule has 1 aromatic rings. The SMILES string of the molecule is COC(=O)C(CC#CCN1CCCC1)NS(=O)(=O)c1ccc(I)cc1. The van der Waals surface area contributed by atoms with E-state index in [9.17, 15) is 13.2 Å². The minimum atomic E-state index is -3.82. The van der Waals surface area contributed by atoms with Gasteiger partial charge in [0.05, 0.1) is 18.6 Å². The summed E-state index contributed by atoms with van der Waals surface area (Å²) in [5.41, 5.74) is 0. The first-order chi connectivity index (χ1) is 11.9. The van der Waals surface area contributed by atoms with Crippen LogP contribution in [0, 0.1) is 15.4 Å². The zero-order valence-electron chi connectivity index (χ0n) is 14.0. The number of hydrogen-bond acceptors (Lipinski definition) is 5. The maximum Gasteiger partial charge on any atom is 0.324 e. The quantitative estimate of drug-likeness (QED) is 0.384. The van der Waals surface area contributed by atoms with E-state index in [1.54, 1.807) is 12.1 Å². The summed E-state index contributed by atoms with van der Waals surface area (Å²) in [6.45, 7) is 2.71. The molecule has 1 unspecified atom stereocenters. The second-order valence-corrected chi connectivity index (χ2v) is 8.65. The fourth-order valence-corrected chi connectivity index (χ4v) is 4.01. The Kier molecular flexibility index (Phi) is 7.68. The largest absolute Gasteiger partial charge is 0.468 e. The fraction of sp³-hybridized carbons (Fsp3) is 0.471. The molecular formula is C17H21IN2O4S. The Bertz CT molecular complexity index is 747. The third kappa shape index (κ3) is 6.26. The molecule has 0 spiro atoms. The molecule has 1 aliphatic heterocycles. The highest BCUT2D eigenvalue weighted by Gasteiger charge is 2.25. The molecule has 0 saturated carbocycles. The predicted molar refractivity (Wildman–Crippen MR) is 103 cm³/mol. The van der Waals surface area contributed by atoms with Crippen LogP contribution in [-0.4, -0.2) is 52.1 Å². The van der Waals surface area contributed by atoms with Crippen molar-refractivity contribution < 1.29 is 17.9 Å². The molecule has 8 heteroatoms. The van der Waals surface area contributed by atoms with Gasteiger partial charge in [-0.25, -0.2) is 8.42 Å². The first-order valence-electron chi connectivity index (χ1n) is 7.96. The molecule has 2 rings (SSSR count). The molecule has 0 aliphatic carbocycles. The zero-order chi connectivity index (χ0) is 18.3. The van der Waals surface area contributed by atoms with E-state index < -0.39 is 22.0 Å². The van der Waals surface area contributed by atoms with Crippen LogP contribution in [-0.2, 0) is 19.6 Å². The first-order valence-corrected chi connectivity index (χ1v) is 10.5. The number of ether oxygens (including phenoxy) is 1. The molecular weight excluding hydrogens is 455 g/mol. The van der Waals surface area contributed by atoms with Gasteiger partial charge in [0.15, 0.2) is 0 Å². The molecule has 0 radical (unpaired) electrons. The van der Waals surface area contributed by atoms with Crippen LogP contribution in [0.2, 0.25) is 0 Å². The minimum absolute atomic E-state index is 0.0735. The van der Waals surface area contributed by atoms with E-state index in [1.807, 2.05) is 0 Å². The van der Waals surface area contributed by atoms with E-state index in [0.29, 0.717) is 6.54 Å². The monoisotopic (exact) mass is 476 g/mol. The number of esters is 1. The first kappa shape index (κ1) is 20.2. The summed E-state index contributed by atoms with van der Waals surface area (Å²) >= 11 is 2.09. The summed E-state index contributed by atoms with van der Waals surface area (Å²) < 4.78 is 32.9. The van der Waals surface area contributed by atoms with Gasteiger partial charge in [-0.15, -0.1) is 0 Å². The molecule has 1 N–H and O–H groups in total. The lowest BCUT2D eigenvalue weighted by molar-refractivity contribution is -0.142. The number of carbonyl (C=O) groups excluding carboxylic acids is 1. The third-order valence-electron chi connectivity index (χ3n) is 3.84. The molecule has 25 heavy (non-hydrogen) atoms. The highest BCUT2D eigenvalue weighted by molar-refractivity contribution is 14.1. The lowest BCUT2D eigenvalue weighted by atomic mass is 10.2. The highest BCUT2D eigenvalue weighted by Crippen LogP contribution is 2.13. The van der Waals surface area contributed by atoms with E-state index >= 15 is 0 Å². The molecule has 0 bridgehead atoms. The van der Waals surface area contributed by atoms with E-state index in [-0.39, 0.29) is 11.3 Å². The number of benzene rings is 1. The van der Waals surface area contributed by atoms with Gasteiger partial charge in [0.25, 0.3) is 0 Å². The third-order valence-corrected chi connectivity index (χ3v) is 6.05. The average molecular weight is 476 g/mol. The number of nitrogens with zero attached hydrogens (tertiary/aromatic N) is 1. The second-order valence-electron chi connectivity index (χ2n) is 5.69. The number of methoxy groups -OCH3 is 1. The second kappa shape index (κ2) is 9.52. The molecule has 1 fully saturated rings. The number of nitrogens with one attached hydrogen (secondary N) is 1. The Labute approximate surface area is 162 Å². The predicted octanol–water partition coefficient (Wildman–Crippen LogP) is 1.60. The van der Waals surface area contributed by atoms with Gasteiger partial charge in [0.2, 0.25) is 10.0 Å². The van der Waals surface area contributed by atoms with Gasteiger partial charge in [-0.3, -0.25) is 9.69 Å². The van der Waals surface area contributed by atoms with Crippen LogP contribution >= 0.6 is 22.6 Å². The number of likely N-dealkylation sites (tertiary alicyclic amines) is 1. The topological polar surface area (TPSA) is 75.7 Å². The fourth-order valence-electron chi connectivity index (χ4n) is 2.47. The standard InChI is InChI=1S/C17H21IN2O4S/c1-24-17(21)16(6-2-3-11-20-12-4-5-13-20)19-25(22,23)15-9-7-14(18)8-10-15/h7-10,16,19H,4-6,11-13H2,1H3. The summed E-state index contributed by atoms with van der Waals surface area (Å²) in [5, 5.41) is 0. The van der Waals surface area contributed by atoms with Crippen LogP contribution in [0.1, 0.15) is 19.3 Å². The Morgan fingerprint density at radius 2 is 1.92 bits per heavy atom. The molecule has 1 saturated heterocycles. The van der Waals surface area contributed by atoms with Crippen molar-refractivity contribution in [1.29, 1.82) is 0 Å². The van der Waals surface area contributed by atoms with Crippen molar-refractivity contribution >= 4 is 38.6 Å². The number of rotatable bonds is 6. The van der Waals surface area contributed by atoms with Gasteiger partial charge in [0, 0.05) is 9.99 Å². The molecule has 6 nitrogen and oxygen atoms in total. The molecule has 136 valence electrons. The molecule has 1 heterocycles. The smallest absolute Gasteiger partial charge is 0.324 e. The van der Waals surface area contributed by atoms with Crippen molar-refractivity contribution in [3.63, 3.8) is 0 Å². The molecule has 1 aromatic carbocycles. The van der Waals surface area contributed by atoms with Gasteiger partial charge >= 0.3 is 5.97 Å². The molecule has 1 atom stereocenters. The van der Waals surface area contributed by atoms with Gasteiger partial charge in [-0.2, -0.15) is 4.72 Å². The van der Waals surface area contributed by atoms with Crippen LogP contribution in [0.25, 0.3) is 0 Å². The van der Waals surface area contributed by atoms with Crippen molar-refractivity contribution in [2.24, 2.45) is 0 Å². The molecule has 0 aromatic heterocycles. The van der Waals surface area contributed by atoms with Crippen LogP contribution in [0.3, 0.4) is 0 Å². The Balaban J connectivity index is 2.02. The van der Waals surface area contributed by atoms with E-state index in [1.165, 1.54) is 32.1 Å². The van der Waals surface area contributed by atoms with E-state index in [0.717, 1.165) is 16.7 Å². The molecule has 0 amide bonds. The zero-order valence-corrected chi connectivity index (χ0v) is 17.0. The van der Waals surface area contributed by atoms with Crippen LogP contribution < -0.4 is 4.72 Å². The summed E-state index contributed by atoms with van der Waals surface area (Å²) in [4.78, 5) is 14.2. The summed E-state index contributed by atoms with van der Waals surface area (Å²) in [6, 6.07) is 5.35. The van der Waals surface area contributed by atoms with Crippen molar-refractivity contribution in [3.8, 4) is 11.8 Å². The van der Waals surface area contributed by atoms with Crippen molar-refractivity contribution in [3.05, 3.63) is 27.8 Å². The van der Waals surface area contributed by atoms with Gasteiger partial charge in [-0.05, 0) is 72.8 Å². The maximum absolute atomic E-state index is 12.4. The number of halogens is 1. The van der Waals surface area contributed by atoms with Crippen LogP contribution in [0.4, 0.5) is 0 Å². The van der Waals surface area contributed by atoms with E-state index in [4.69, 9.17) is 4.74 Å². The van der Waals surface area contributed by atoms with Crippen LogP contribution in [0.15, 0.2) is 29.2 Å². The minimum Gasteiger partial charge on any atom is -0.468 e. The Morgan fingerprint density at radius 3 is 2.52 bits per heavy atom. The Hall–Kier alpha value is -1.15. The maximum atomic E-state index is 12.4. The average Bonchev–Trinajstić information content (AvgIpc) is 3.10. The number of carbonyl (C=O) groups is 1. The number of sulfonamides is 1. The van der Waals surface area contributed by atoms with E-state index in [2.05, 4.69) is 44.1 Å². The van der Waals surface area contributed by atoms with Gasteiger partial charge < -0.3 is 4.74 Å². The summed E-state index contributed by atoms with van der Waals surface area (Å²) in [5.74, 6) is 5.24. The summed E-state index contributed by atoms with van der Waals surface area (Å²) in [6.07, 6.45) is 2.44. The van der Waals surface area contributed by atoms with Gasteiger partial charge in [-0.1, -0.05) is 11.8 Å². The lowest BCUT2D eigenvalue weighted by Crippen LogP contribution is -2.41. The molecule has 1 aliphatic rings. The van der Waals surface area contributed by atoms with Crippen molar-refractivity contribution in [2.45, 2.75) is 30.2 Å². The summed E-state index contributed by atoms with van der Waals surface area (Å²) in [7, 11) is -2.59.